The molecule has 18 heavy (non-hydrogen) atoms. The van der Waals surface area contributed by atoms with E-state index in [1.165, 1.54) is 0 Å². The highest BCUT2D eigenvalue weighted by Gasteiger charge is 2.11. The average molecular weight is 307 g/mol. The minimum Gasteiger partial charge on any atom is -0.504 e. The van der Waals surface area contributed by atoms with Gasteiger partial charge in [-0.2, -0.15) is 0 Å². The lowest BCUT2D eigenvalue weighted by molar-refractivity contribution is 0.286. The molecule has 0 aliphatic rings. The summed E-state index contributed by atoms with van der Waals surface area (Å²) in [6, 6.07) is 13.5. The van der Waals surface area contributed by atoms with Crippen molar-refractivity contribution in [3.8, 4) is 11.5 Å². The Morgan fingerprint density at radius 1 is 1.11 bits per heavy atom. The lowest BCUT2D eigenvalue weighted by atomic mass is 10.1. The summed E-state index contributed by atoms with van der Waals surface area (Å²) < 4.78 is 5.75. The molecule has 2 aromatic carbocycles. The molecule has 2 rings (SSSR count). The molecule has 0 radical (unpaired) electrons. The van der Waals surface area contributed by atoms with E-state index >= 15 is 0 Å². The lowest BCUT2D eigenvalue weighted by Crippen LogP contribution is -1.99. The summed E-state index contributed by atoms with van der Waals surface area (Å²) in [5, 5.41) is 10.5. The van der Waals surface area contributed by atoms with Gasteiger partial charge in [0.05, 0.1) is 0 Å². The third kappa shape index (κ3) is 2.85. The zero-order chi connectivity index (χ0) is 13.0. The number of ether oxygens (including phenoxy) is 1. The molecule has 0 spiro atoms. The quantitative estimate of drug-likeness (QED) is 0.859. The first-order chi connectivity index (χ1) is 8.72. The van der Waals surface area contributed by atoms with Gasteiger partial charge in [0.15, 0.2) is 11.5 Å². The number of hydrogen-bond donors (Lipinski definition) is 1. The monoisotopic (exact) mass is 306 g/mol. The van der Waals surface area contributed by atoms with Gasteiger partial charge in [-0.15, -0.1) is 0 Å². The Hall–Kier alpha value is -1.48. The van der Waals surface area contributed by atoms with Gasteiger partial charge < -0.3 is 9.84 Å². The van der Waals surface area contributed by atoms with Gasteiger partial charge in [-0.05, 0) is 24.1 Å². The predicted molar refractivity (Wildman–Crippen MR) is 76.2 cm³/mol. The molecule has 0 fully saturated rings. The van der Waals surface area contributed by atoms with Gasteiger partial charge >= 0.3 is 0 Å². The highest BCUT2D eigenvalue weighted by molar-refractivity contribution is 9.08. The predicted octanol–water partition coefficient (Wildman–Crippen LogP) is 4.17. The molecule has 0 aliphatic heterocycles. The number of rotatable bonds is 4. The molecule has 0 aliphatic carbocycles. The van der Waals surface area contributed by atoms with Crippen molar-refractivity contribution < 1.29 is 9.84 Å². The highest BCUT2D eigenvalue weighted by atomic mass is 79.9. The molecule has 3 heteroatoms. The second kappa shape index (κ2) is 5.91. The van der Waals surface area contributed by atoms with Crippen molar-refractivity contribution in [1.82, 2.24) is 0 Å². The van der Waals surface area contributed by atoms with Gasteiger partial charge in [-0.1, -0.05) is 52.3 Å². The van der Waals surface area contributed by atoms with Crippen molar-refractivity contribution in [3.05, 3.63) is 59.2 Å². The van der Waals surface area contributed by atoms with E-state index < -0.39 is 0 Å². The van der Waals surface area contributed by atoms with Crippen molar-refractivity contribution in [2.45, 2.75) is 18.9 Å². The topological polar surface area (TPSA) is 29.5 Å². The van der Waals surface area contributed by atoms with Crippen LogP contribution in [0.3, 0.4) is 0 Å². The van der Waals surface area contributed by atoms with Crippen molar-refractivity contribution in [2.75, 3.05) is 0 Å². The maximum absolute atomic E-state index is 9.88. The molecule has 2 nitrogen and oxygen atoms in total. The van der Waals surface area contributed by atoms with Gasteiger partial charge in [0.1, 0.15) is 6.61 Å². The van der Waals surface area contributed by atoms with Crippen LogP contribution in [0, 0.1) is 6.92 Å². The Balaban J connectivity index is 2.21. The van der Waals surface area contributed by atoms with Crippen molar-refractivity contribution >= 4 is 15.9 Å². The number of phenolic OH excluding ortho intramolecular Hbond substituents is 1. The molecule has 0 saturated heterocycles. The van der Waals surface area contributed by atoms with Gasteiger partial charge in [0, 0.05) is 10.9 Å². The van der Waals surface area contributed by atoms with Crippen LogP contribution in [0.1, 0.15) is 16.7 Å². The maximum atomic E-state index is 9.88. The Bertz CT molecular complexity index is 524. The first-order valence-corrected chi connectivity index (χ1v) is 6.88. The molecule has 2 aromatic rings. The van der Waals surface area contributed by atoms with E-state index in [-0.39, 0.29) is 5.75 Å². The van der Waals surface area contributed by atoms with E-state index in [0.717, 1.165) is 16.7 Å². The van der Waals surface area contributed by atoms with Crippen LogP contribution in [0.2, 0.25) is 0 Å². The minimum absolute atomic E-state index is 0.186. The summed E-state index contributed by atoms with van der Waals surface area (Å²) in [5.74, 6) is 0.752. The summed E-state index contributed by atoms with van der Waals surface area (Å²) in [7, 11) is 0. The summed E-state index contributed by atoms with van der Waals surface area (Å²) in [6.45, 7) is 2.46. The Morgan fingerprint density at radius 3 is 2.50 bits per heavy atom. The number of hydrogen-bond acceptors (Lipinski definition) is 2. The van der Waals surface area contributed by atoms with Crippen LogP contribution in [0.25, 0.3) is 0 Å². The van der Waals surface area contributed by atoms with Crippen LogP contribution in [0.15, 0.2) is 42.5 Å². The fourth-order valence-electron chi connectivity index (χ4n) is 1.77. The zero-order valence-corrected chi connectivity index (χ0v) is 11.8. The fourth-order valence-corrected chi connectivity index (χ4v) is 2.47. The molecule has 94 valence electrons. The van der Waals surface area contributed by atoms with Crippen LogP contribution in [0.4, 0.5) is 0 Å². The van der Waals surface area contributed by atoms with Gasteiger partial charge in [-0.3, -0.25) is 0 Å². The van der Waals surface area contributed by atoms with E-state index in [9.17, 15) is 5.11 Å². The molecule has 1 N–H and O–H groups in total. The number of benzene rings is 2. The highest BCUT2D eigenvalue weighted by Crippen LogP contribution is 2.34. The lowest BCUT2D eigenvalue weighted by Gasteiger charge is -2.14. The largest absolute Gasteiger partial charge is 0.504 e. The minimum atomic E-state index is 0.186. The number of halogens is 1. The third-order valence-electron chi connectivity index (χ3n) is 2.83. The molecule has 0 aromatic heterocycles. The van der Waals surface area contributed by atoms with E-state index in [1.54, 1.807) is 6.07 Å². The summed E-state index contributed by atoms with van der Waals surface area (Å²) in [6.07, 6.45) is 0. The summed E-state index contributed by atoms with van der Waals surface area (Å²) in [5.41, 5.74) is 3.18. The Kier molecular flexibility index (Phi) is 4.26. The number of aromatic hydroxyl groups is 1. The van der Waals surface area contributed by atoms with Crippen molar-refractivity contribution in [3.63, 3.8) is 0 Å². The number of alkyl halides is 1. The molecule has 0 saturated carbocycles. The smallest absolute Gasteiger partial charge is 0.165 e. The summed E-state index contributed by atoms with van der Waals surface area (Å²) in [4.78, 5) is 0. The van der Waals surface area contributed by atoms with E-state index in [4.69, 9.17) is 4.74 Å². The zero-order valence-electron chi connectivity index (χ0n) is 10.2. The van der Waals surface area contributed by atoms with E-state index in [2.05, 4.69) is 15.9 Å². The molecular formula is C15H15BrO2. The van der Waals surface area contributed by atoms with Crippen molar-refractivity contribution in [2.24, 2.45) is 0 Å². The first-order valence-electron chi connectivity index (χ1n) is 5.76. The van der Waals surface area contributed by atoms with E-state index in [0.29, 0.717) is 17.7 Å². The molecule has 0 atom stereocenters. The van der Waals surface area contributed by atoms with Crippen LogP contribution < -0.4 is 4.74 Å². The molecular weight excluding hydrogens is 292 g/mol. The number of aryl methyl sites for hydroxylation is 1. The van der Waals surface area contributed by atoms with Gasteiger partial charge in [-0.25, -0.2) is 0 Å². The van der Waals surface area contributed by atoms with Gasteiger partial charge in [0.25, 0.3) is 0 Å². The number of phenols is 1. The van der Waals surface area contributed by atoms with Gasteiger partial charge in [0.2, 0.25) is 0 Å². The third-order valence-corrected chi connectivity index (χ3v) is 3.39. The first kappa shape index (κ1) is 13.0. The SMILES string of the molecule is Cc1ccc(O)c(OCc2ccccc2)c1CBr. The fraction of sp³-hybridized carbons (Fsp3) is 0.200. The second-order valence-corrected chi connectivity index (χ2v) is 4.68. The maximum Gasteiger partial charge on any atom is 0.165 e. The van der Waals surface area contributed by atoms with Crippen LogP contribution in [-0.2, 0) is 11.9 Å². The molecule has 0 heterocycles. The van der Waals surface area contributed by atoms with Crippen LogP contribution >= 0.6 is 15.9 Å². The normalized spacial score (nSPS) is 10.3. The molecule has 0 unspecified atom stereocenters. The van der Waals surface area contributed by atoms with Crippen molar-refractivity contribution in [1.29, 1.82) is 0 Å². The van der Waals surface area contributed by atoms with Crippen LogP contribution in [0.5, 0.6) is 11.5 Å². The van der Waals surface area contributed by atoms with Crippen LogP contribution in [-0.4, -0.2) is 5.11 Å². The summed E-state index contributed by atoms with van der Waals surface area (Å²) >= 11 is 3.43. The Labute approximate surface area is 115 Å². The molecule has 0 bridgehead atoms. The Morgan fingerprint density at radius 2 is 1.83 bits per heavy atom. The second-order valence-electron chi connectivity index (χ2n) is 4.12. The molecule has 0 amide bonds. The van der Waals surface area contributed by atoms with E-state index in [1.807, 2.05) is 43.3 Å². The average Bonchev–Trinajstić information content (AvgIpc) is 2.41. The standard InChI is InChI=1S/C15H15BrO2/c1-11-7-8-14(17)15(13(11)9-16)18-10-12-5-3-2-4-6-12/h2-8,17H,9-10H2,1H3.